The van der Waals surface area contributed by atoms with Crippen LogP contribution in [-0.4, -0.2) is 0 Å². The molecular formula is C21H20. The van der Waals surface area contributed by atoms with Crippen LogP contribution in [0.2, 0.25) is 0 Å². The number of hydrogen-bond acceptors (Lipinski definition) is 0. The lowest BCUT2D eigenvalue weighted by atomic mass is 9.61. The van der Waals surface area contributed by atoms with Gasteiger partial charge in [-0.05, 0) is 52.3 Å². The molecule has 5 rings (SSSR count). The van der Waals surface area contributed by atoms with Gasteiger partial charge in [0.2, 0.25) is 0 Å². The highest BCUT2D eigenvalue weighted by atomic mass is 14.6. The highest BCUT2D eigenvalue weighted by Gasteiger charge is 2.58. The molecule has 2 aromatic carbocycles. The maximum atomic E-state index is 2.50. The van der Waals surface area contributed by atoms with Crippen molar-refractivity contribution in [1.29, 1.82) is 0 Å². The van der Waals surface area contributed by atoms with E-state index in [2.05, 4.69) is 69.3 Å². The van der Waals surface area contributed by atoms with E-state index in [-0.39, 0.29) is 10.8 Å². The van der Waals surface area contributed by atoms with Crippen molar-refractivity contribution in [3.63, 3.8) is 0 Å². The van der Waals surface area contributed by atoms with E-state index in [1.807, 2.05) is 0 Å². The lowest BCUT2D eigenvalue weighted by Gasteiger charge is -2.40. The van der Waals surface area contributed by atoms with Crippen LogP contribution < -0.4 is 0 Å². The average Bonchev–Trinajstić information content (AvgIpc) is 2.75. The van der Waals surface area contributed by atoms with Gasteiger partial charge in [-0.3, -0.25) is 0 Å². The minimum atomic E-state index is 0.147. The van der Waals surface area contributed by atoms with Gasteiger partial charge in [-0.15, -0.1) is 0 Å². The predicted octanol–water partition coefficient (Wildman–Crippen LogP) is 5.28. The Hall–Kier alpha value is -1.82. The fourth-order valence-corrected chi connectivity index (χ4v) is 5.33. The third kappa shape index (κ3) is 1.05. The number of aryl methyl sites for hydroxylation is 1. The minimum absolute atomic E-state index is 0.147. The zero-order valence-corrected chi connectivity index (χ0v) is 12.9. The molecule has 0 aromatic heterocycles. The Morgan fingerprint density at radius 3 is 2.90 bits per heavy atom. The van der Waals surface area contributed by atoms with Crippen molar-refractivity contribution in [2.75, 3.05) is 0 Å². The Morgan fingerprint density at radius 2 is 2.05 bits per heavy atom. The average molecular weight is 272 g/mol. The molecule has 0 spiro atoms. The third-order valence-corrected chi connectivity index (χ3v) is 6.65. The predicted molar refractivity (Wildman–Crippen MR) is 89.7 cm³/mol. The molecular weight excluding hydrogens is 252 g/mol. The topological polar surface area (TPSA) is 0 Å². The highest BCUT2D eigenvalue weighted by Crippen LogP contribution is 2.64. The molecule has 0 saturated heterocycles. The Bertz CT molecular complexity index is 867. The lowest BCUT2D eigenvalue weighted by molar-refractivity contribution is 0.278. The second-order valence-electron chi connectivity index (χ2n) is 7.39. The molecule has 0 heterocycles. The molecule has 0 radical (unpaired) electrons. The van der Waals surface area contributed by atoms with Crippen LogP contribution in [0.5, 0.6) is 0 Å². The molecule has 0 heteroatoms. The summed E-state index contributed by atoms with van der Waals surface area (Å²) in [5, 5.41) is 2.99. The van der Waals surface area contributed by atoms with Gasteiger partial charge in [-0.2, -0.15) is 0 Å². The fourth-order valence-electron chi connectivity index (χ4n) is 5.33. The summed E-state index contributed by atoms with van der Waals surface area (Å²) in [5.41, 5.74) is 6.35. The van der Waals surface area contributed by atoms with Crippen molar-refractivity contribution in [2.24, 2.45) is 5.92 Å². The van der Waals surface area contributed by atoms with E-state index in [1.54, 1.807) is 10.9 Å². The first-order valence-corrected chi connectivity index (χ1v) is 8.00. The maximum Gasteiger partial charge on any atom is 0.0210 e. The van der Waals surface area contributed by atoms with Crippen LogP contribution >= 0.6 is 0 Å². The number of allylic oxidation sites excluding steroid dienone is 3. The van der Waals surface area contributed by atoms with Crippen LogP contribution in [-0.2, 0) is 10.8 Å². The van der Waals surface area contributed by atoms with Crippen LogP contribution in [0.1, 0.15) is 42.5 Å². The van der Waals surface area contributed by atoms with Gasteiger partial charge >= 0.3 is 0 Å². The van der Waals surface area contributed by atoms with Crippen LogP contribution in [0, 0.1) is 12.8 Å². The molecule has 3 aliphatic carbocycles. The number of fused-ring (bicyclic) bond motifs is 1. The van der Waals surface area contributed by atoms with Crippen LogP contribution in [0.3, 0.4) is 0 Å². The van der Waals surface area contributed by atoms with Crippen LogP contribution in [0.25, 0.3) is 16.8 Å². The number of hydrogen-bond donors (Lipinski definition) is 0. The van der Waals surface area contributed by atoms with Gasteiger partial charge in [-0.25, -0.2) is 0 Å². The van der Waals surface area contributed by atoms with Crippen molar-refractivity contribution in [2.45, 2.75) is 38.0 Å². The van der Waals surface area contributed by atoms with E-state index in [0.717, 1.165) is 6.42 Å². The van der Waals surface area contributed by atoms with Crippen LogP contribution in [0.4, 0.5) is 0 Å². The van der Waals surface area contributed by atoms with Gasteiger partial charge in [0.05, 0.1) is 0 Å². The van der Waals surface area contributed by atoms with E-state index in [9.17, 15) is 0 Å². The van der Waals surface area contributed by atoms with E-state index < -0.39 is 0 Å². The van der Waals surface area contributed by atoms with E-state index >= 15 is 0 Å². The summed E-state index contributed by atoms with van der Waals surface area (Å²) in [6.45, 7) is 7.20. The maximum absolute atomic E-state index is 2.50. The minimum Gasteiger partial charge on any atom is -0.0833 e. The second kappa shape index (κ2) is 3.32. The van der Waals surface area contributed by atoms with Gasteiger partial charge in [0.25, 0.3) is 0 Å². The van der Waals surface area contributed by atoms with Gasteiger partial charge < -0.3 is 0 Å². The summed E-state index contributed by atoms with van der Waals surface area (Å²) < 4.78 is 0. The second-order valence-corrected chi connectivity index (χ2v) is 7.39. The summed E-state index contributed by atoms with van der Waals surface area (Å²) in [6, 6.07) is 9.30. The first kappa shape index (κ1) is 11.8. The number of benzene rings is 2. The molecule has 0 N–H and O–H groups in total. The van der Waals surface area contributed by atoms with E-state index in [1.165, 1.54) is 22.1 Å². The zero-order valence-electron chi connectivity index (χ0n) is 12.9. The van der Waals surface area contributed by atoms with Gasteiger partial charge in [0.15, 0.2) is 0 Å². The lowest BCUT2D eigenvalue weighted by Crippen LogP contribution is -2.41. The van der Waals surface area contributed by atoms with Gasteiger partial charge in [0.1, 0.15) is 0 Å². The smallest absolute Gasteiger partial charge is 0.0210 e. The van der Waals surface area contributed by atoms with Crippen molar-refractivity contribution in [3.8, 4) is 0 Å². The molecule has 0 fully saturated rings. The third-order valence-electron chi connectivity index (χ3n) is 6.65. The first-order chi connectivity index (χ1) is 10.1. The summed E-state index contributed by atoms with van der Waals surface area (Å²) in [6.07, 6.45) is 10.9. The molecule has 0 bridgehead atoms. The molecule has 3 atom stereocenters. The molecule has 0 aliphatic heterocycles. The molecule has 3 aliphatic rings. The summed E-state index contributed by atoms with van der Waals surface area (Å²) in [4.78, 5) is 0. The Morgan fingerprint density at radius 1 is 1.19 bits per heavy atom. The van der Waals surface area contributed by atoms with Crippen molar-refractivity contribution >= 4 is 16.8 Å². The molecule has 104 valence electrons. The van der Waals surface area contributed by atoms with Gasteiger partial charge in [0, 0.05) is 10.8 Å². The van der Waals surface area contributed by atoms with Crippen LogP contribution in [0.15, 0.2) is 42.5 Å². The molecule has 3 unspecified atom stereocenters. The quantitative estimate of drug-likeness (QED) is 0.572. The first-order valence-electron chi connectivity index (χ1n) is 8.00. The summed E-state index contributed by atoms with van der Waals surface area (Å²) in [7, 11) is 0. The van der Waals surface area contributed by atoms with Gasteiger partial charge in [-0.1, -0.05) is 62.4 Å². The Balaban J connectivity index is 2.09. The SMILES string of the molecule is Cc1cc2c3c4c(cccc14)C1(C)C=CC(CC=C2)C31C. The monoisotopic (exact) mass is 272 g/mol. The van der Waals surface area contributed by atoms with Crippen molar-refractivity contribution < 1.29 is 0 Å². The van der Waals surface area contributed by atoms with E-state index in [4.69, 9.17) is 0 Å². The molecule has 21 heavy (non-hydrogen) atoms. The molecule has 2 aromatic rings. The Kier molecular flexibility index (Phi) is 1.87. The normalized spacial score (nSPS) is 34.7. The zero-order chi connectivity index (χ0) is 14.4. The fraction of sp³-hybridized carbons (Fsp3) is 0.333. The highest BCUT2D eigenvalue weighted by molar-refractivity contribution is 5.99. The number of rotatable bonds is 0. The molecule has 0 saturated carbocycles. The molecule has 0 amide bonds. The Labute approximate surface area is 126 Å². The van der Waals surface area contributed by atoms with Crippen molar-refractivity contribution in [3.05, 3.63) is 64.7 Å². The standard InChI is InChI=1S/C21H20/c1-13-12-14-6-4-7-15-10-11-20(2)17-9-5-8-16(13)18(17)19(14)21(15,20)3/h4-6,8-12,15H,7H2,1-3H3. The molecule has 0 nitrogen and oxygen atoms in total. The largest absolute Gasteiger partial charge is 0.0833 e. The van der Waals surface area contributed by atoms with Crippen molar-refractivity contribution in [1.82, 2.24) is 0 Å². The summed E-state index contributed by atoms with van der Waals surface area (Å²) in [5.74, 6) is 0.623. The van der Waals surface area contributed by atoms with E-state index in [0.29, 0.717) is 5.92 Å². The summed E-state index contributed by atoms with van der Waals surface area (Å²) >= 11 is 0.